The van der Waals surface area contributed by atoms with Crippen LogP contribution in [0, 0.1) is 23.7 Å². The number of carboxylic acid groups (broad SMARTS) is 1. The van der Waals surface area contributed by atoms with Gasteiger partial charge < -0.3 is 114 Å². The van der Waals surface area contributed by atoms with Crippen LogP contribution in [0.25, 0.3) is 0 Å². The summed E-state index contributed by atoms with van der Waals surface area (Å²) in [5, 5.41) is 142. The van der Waals surface area contributed by atoms with Gasteiger partial charge >= 0.3 is 11.9 Å². The second-order valence-corrected chi connectivity index (χ2v) is 21.8. The molecule has 4 aliphatic heterocycles. The first-order valence-electron chi connectivity index (χ1n) is 25.5. The normalized spacial score (nSPS) is 45.3. The molecule has 0 aliphatic carbocycles. The summed E-state index contributed by atoms with van der Waals surface area (Å²) in [4.78, 5) is 40.5. The number of cyclic esters (lactones) is 1. The van der Waals surface area contributed by atoms with Gasteiger partial charge in [-0.05, 0) is 74.9 Å². The van der Waals surface area contributed by atoms with Crippen LogP contribution in [0.3, 0.4) is 0 Å². The molecule has 0 saturated carbocycles. The Hall–Kier alpha value is -2.23. The Labute approximate surface area is 438 Å². The average molecular weight is 1090 g/mol. The van der Waals surface area contributed by atoms with E-state index in [1.54, 1.807) is 41.5 Å². The van der Waals surface area contributed by atoms with Crippen LogP contribution in [-0.4, -0.2) is 268 Å². The number of Topliss-reactive ketones (excluding diaryl/α,β-unsaturated/α-hetero) is 1. The Bertz CT molecular complexity index is 1790. The van der Waals surface area contributed by atoms with Crippen LogP contribution in [0.2, 0.25) is 0 Å². The molecule has 4 fully saturated rings. The molecule has 440 valence electrons. The number of hydrogen-bond donors (Lipinski definition) is 14. The minimum absolute atomic E-state index is 0.0936. The number of aliphatic hydroxyl groups excluding tert-OH is 11. The van der Waals surface area contributed by atoms with Crippen LogP contribution >= 0.6 is 0 Å². The van der Waals surface area contributed by atoms with Crippen LogP contribution in [0.5, 0.6) is 0 Å². The van der Waals surface area contributed by atoms with E-state index in [-0.39, 0.29) is 31.4 Å². The molecule has 75 heavy (non-hydrogen) atoms. The number of rotatable bonds is 15. The van der Waals surface area contributed by atoms with Crippen molar-refractivity contribution < 1.29 is 124 Å². The second-order valence-electron chi connectivity index (χ2n) is 21.8. The Kier molecular flexibility index (Phi) is 24.8. The van der Waals surface area contributed by atoms with E-state index in [0.29, 0.717) is 6.42 Å². The van der Waals surface area contributed by atoms with Gasteiger partial charge in [-0.1, -0.05) is 27.7 Å². The van der Waals surface area contributed by atoms with Crippen molar-refractivity contribution in [2.45, 2.75) is 234 Å². The highest BCUT2D eigenvalue weighted by Gasteiger charge is 2.54. The number of nitrogens with zero attached hydrogens (tertiary/aromatic N) is 1. The van der Waals surface area contributed by atoms with Gasteiger partial charge in [-0.15, -0.1) is 0 Å². The molecular formula is C49H89NO25. The molecule has 27 atom stereocenters. The zero-order valence-electron chi connectivity index (χ0n) is 45.3. The summed E-state index contributed by atoms with van der Waals surface area (Å²) in [7, 11) is 5.18. The number of ketones is 1. The van der Waals surface area contributed by atoms with Crippen LogP contribution in [-0.2, 0) is 52.3 Å². The lowest BCUT2D eigenvalue weighted by Crippen LogP contribution is -2.61. The van der Waals surface area contributed by atoms with Crippen molar-refractivity contribution in [3.63, 3.8) is 0 Å². The summed E-state index contributed by atoms with van der Waals surface area (Å²) in [5.41, 5.74) is -4.84. The number of methoxy groups -OCH3 is 1. The van der Waals surface area contributed by atoms with Crippen molar-refractivity contribution in [2.24, 2.45) is 23.7 Å². The molecule has 0 aromatic rings. The lowest BCUT2D eigenvalue weighted by atomic mass is 9.74. The van der Waals surface area contributed by atoms with E-state index in [4.69, 9.17) is 53.2 Å². The number of aliphatic hydroxyl groups is 13. The Morgan fingerprint density at radius 3 is 1.92 bits per heavy atom. The highest BCUT2D eigenvalue weighted by Crippen LogP contribution is 2.41. The maximum Gasteiger partial charge on any atom is 0.335 e. The fourth-order valence-corrected chi connectivity index (χ4v) is 10.6. The molecule has 0 bridgehead atoms. The van der Waals surface area contributed by atoms with E-state index >= 15 is 0 Å². The predicted octanol–water partition coefficient (Wildman–Crippen LogP) is -3.88. The quantitative estimate of drug-likeness (QED) is 0.0698. The van der Waals surface area contributed by atoms with Gasteiger partial charge in [0.2, 0.25) is 0 Å². The van der Waals surface area contributed by atoms with Gasteiger partial charge in [0.1, 0.15) is 72.4 Å². The molecule has 4 heterocycles. The monoisotopic (exact) mass is 1090 g/mol. The van der Waals surface area contributed by atoms with Gasteiger partial charge in [-0.25, -0.2) is 4.79 Å². The van der Waals surface area contributed by atoms with E-state index in [9.17, 15) is 70.6 Å². The van der Waals surface area contributed by atoms with E-state index in [0.717, 1.165) is 0 Å². The molecule has 0 aromatic carbocycles. The van der Waals surface area contributed by atoms with Gasteiger partial charge in [0.25, 0.3) is 0 Å². The molecule has 26 nitrogen and oxygen atoms in total. The minimum atomic E-state index is -2.39. The number of esters is 1. The van der Waals surface area contributed by atoms with Crippen molar-refractivity contribution in [1.29, 1.82) is 0 Å². The molecule has 26 heteroatoms. The fourth-order valence-electron chi connectivity index (χ4n) is 10.6. The molecular weight excluding hydrogens is 1000 g/mol. The van der Waals surface area contributed by atoms with Crippen LogP contribution < -0.4 is 0 Å². The third-order valence-corrected chi connectivity index (χ3v) is 15.4. The maximum atomic E-state index is 14.1. The largest absolute Gasteiger partial charge is 0.479 e. The van der Waals surface area contributed by atoms with E-state index in [2.05, 4.69) is 0 Å². The van der Waals surface area contributed by atoms with Gasteiger partial charge in [0.15, 0.2) is 25.0 Å². The number of aliphatic carboxylic acids is 1. The fraction of sp³-hybridized carbons (Fsp3) is 0.939. The average Bonchev–Trinajstić information content (AvgIpc) is 3.35. The molecule has 14 N–H and O–H groups in total. The maximum absolute atomic E-state index is 14.1. The second kappa shape index (κ2) is 27.8. The van der Waals surface area contributed by atoms with Gasteiger partial charge in [-0.3, -0.25) is 9.59 Å². The number of carbonyl (C=O) groups excluding carboxylic acids is 2. The zero-order chi connectivity index (χ0) is 57.6. The van der Waals surface area contributed by atoms with E-state index in [1.165, 1.54) is 27.9 Å². The van der Waals surface area contributed by atoms with Crippen LogP contribution in [0.1, 0.15) is 94.9 Å². The molecule has 0 aromatic heterocycles. The van der Waals surface area contributed by atoms with Crippen LogP contribution in [0.15, 0.2) is 0 Å². The molecule has 4 rings (SSSR count). The lowest BCUT2D eigenvalue weighted by molar-refractivity contribution is -0.326. The van der Waals surface area contributed by atoms with E-state index in [1.807, 2.05) is 25.9 Å². The third kappa shape index (κ3) is 15.8. The summed E-state index contributed by atoms with van der Waals surface area (Å²) >= 11 is 0. The highest BCUT2D eigenvalue weighted by molar-refractivity contribution is 5.83. The smallest absolute Gasteiger partial charge is 0.335 e. The topological polar surface area (TPSA) is 412 Å². The van der Waals surface area contributed by atoms with Gasteiger partial charge in [0.05, 0.1) is 60.9 Å². The molecule has 0 radical (unpaired) electrons. The summed E-state index contributed by atoms with van der Waals surface area (Å²) in [5.74, 6) is -6.81. The Morgan fingerprint density at radius 2 is 1.40 bits per heavy atom. The van der Waals surface area contributed by atoms with Crippen molar-refractivity contribution in [3.05, 3.63) is 0 Å². The highest BCUT2D eigenvalue weighted by atomic mass is 16.7. The standard InChI is InChI=1S/C37H67NO13.C12H22O12/c1-14-25-37(10,45)30(41)20(4)27(39)18(2)16-35(8,44)32(51-34-28(40)24(38(11)12)15-19(3)47-34)21(5)29(22(6)33(43)49-25)50-26-17-36(9,46-13)31(42)23(7)48-26;13-1-3(15)10(7(18)8(19)11(21)22)24-12-9(20)6(17)5(16)4(2-14)23-12/h18-26,28-32,34,40-42,44-45H,14-17H2,1-13H3;3-10,12-20H,1-2H2,(H,21,22)/t18-,19-,20+,21+,22-,23+,24+,25-,26-,28-,29+,30-,31?,32-,34+,35-,36-,37+;3-,4-,5+,6+,7+,8-,9-,10-,12-/m11/s1. The van der Waals surface area contributed by atoms with Gasteiger partial charge in [0, 0.05) is 37.3 Å². The first-order valence-corrected chi connectivity index (χ1v) is 25.5. The molecule has 4 saturated heterocycles. The van der Waals surface area contributed by atoms with Gasteiger partial charge in [-0.2, -0.15) is 0 Å². The third-order valence-electron chi connectivity index (χ3n) is 15.4. The van der Waals surface area contributed by atoms with Crippen molar-refractivity contribution in [1.82, 2.24) is 4.90 Å². The predicted molar refractivity (Wildman–Crippen MR) is 258 cm³/mol. The summed E-state index contributed by atoms with van der Waals surface area (Å²) in [6, 6.07) is -0.324. The minimum Gasteiger partial charge on any atom is -0.479 e. The summed E-state index contributed by atoms with van der Waals surface area (Å²) in [6.07, 6.45) is -26.6. The Balaban J connectivity index is 0.000000516. The number of hydrogen-bond acceptors (Lipinski definition) is 25. The summed E-state index contributed by atoms with van der Waals surface area (Å²) in [6.45, 7) is 14.6. The van der Waals surface area contributed by atoms with Crippen molar-refractivity contribution >= 4 is 17.7 Å². The molecule has 0 spiro atoms. The zero-order valence-corrected chi connectivity index (χ0v) is 45.3. The van der Waals surface area contributed by atoms with Crippen LogP contribution in [0.4, 0.5) is 0 Å². The number of carbonyl (C=O) groups is 3. The number of ether oxygens (including phenoxy) is 8. The molecule has 1 unspecified atom stereocenters. The summed E-state index contributed by atoms with van der Waals surface area (Å²) < 4.78 is 47.0. The number of carboxylic acids is 1. The first kappa shape index (κ1) is 67.0. The van der Waals surface area contributed by atoms with Crippen molar-refractivity contribution in [2.75, 3.05) is 34.4 Å². The lowest BCUT2D eigenvalue weighted by Gasteiger charge is -2.49. The Morgan fingerprint density at radius 1 is 0.800 bits per heavy atom. The van der Waals surface area contributed by atoms with Crippen molar-refractivity contribution in [3.8, 4) is 0 Å². The molecule has 4 aliphatic rings. The SMILES string of the molecule is CC[C@H]1OC(=O)[C@H](C)[C@@H](O[C@@H]2C[C@@](C)(OC)C(O)[C@H](C)O2)[C@H](C)[C@@H](O[C@@H]2O[C@H](C)C[C@H](N(C)C)[C@H]2O)[C@](C)(O)C[C@@H](C)C(=O)[C@H](C)[C@@H](O)[C@@]1(C)O.O=C(O)[C@H](O)[C@H](O)[C@H](O[C@H]1O[C@H](CO)[C@H](O)[C@H](O)[C@H]1O)[C@H](O)CO. The first-order chi connectivity index (χ1) is 34.6. The van der Waals surface area contributed by atoms with E-state index < -0.39 is 182 Å². The molecule has 0 amide bonds. The number of likely N-dealkylation sites (N-methyl/N-ethyl adjacent to an activating group) is 1.